The lowest BCUT2D eigenvalue weighted by Crippen LogP contribution is -2.36. The Kier molecular flexibility index (Phi) is 5.90. The molecule has 1 amide bonds. The van der Waals surface area contributed by atoms with Crippen molar-refractivity contribution in [2.75, 3.05) is 36.5 Å². The van der Waals surface area contributed by atoms with Gasteiger partial charge in [0.2, 0.25) is 5.91 Å². The van der Waals surface area contributed by atoms with E-state index in [1.165, 1.54) is 11.3 Å². The average molecular weight is 414 g/mol. The second-order valence-electron chi connectivity index (χ2n) is 6.52. The van der Waals surface area contributed by atoms with Crippen LogP contribution in [-0.4, -0.2) is 37.2 Å². The molecule has 0 atom stereocenters. The van der Waals surface area contributed by atoms with Crippen molar-refractivity contribution in [2.45, 2.75) is 6.42 Å². The van der Waals surface area contributed by atoms with E-state index in [9.17, 15) is 4.79 Å². The highest BCUT2D eigenvalue weighted by molar-refractivity contribution is 7.13. The van der Waals surface area contributed by atoms with Crippen LogP contribution < -0.4 is 10.2 Å². The van der Waals surface area contributed by atoms with E-state index in [2.05, 4.69) is 15.2 Å². The van der Waals surface area contributed by atoms with E-state index in [-0.39, 0.29) is 12.3 Å². The first-order valence-electron chi connectivity index (χ1n) is 9.10. The number of carbonyl (C=O) groups is 1. The first kappa shape index (κ1) is 18.9. The van der Waals surface area contributed by atoms with Crippen molar-refractivity contribution >= 4 is 40.2 Å². The van der Waals surface area contributed by atoms with Gasteiger partial charge in [-0.3, -0.25) is 4.79 Å². The molecule has 28 heavy (non-hydrogen) atoms. The van der Waals surface area contributed by atoms with Gasteiger partial charge in [-0.05, 0) is 36.4 Å². The van der Waals surface area contributed by atoms with Crippen LogP contribution >= 0.6 is 22.9 Å². The fourth-order valence-electron chi connectivity index (χ4n) is 3.06. The van der Waals surface area contributed by atoms with Crippen molar-refractivity contribution in [1.82, 2.24) is 4.98 Å². The Labute approximate surface area is 172 Å². The lowest BCUT2D eigenvalue weighted by atomic mass is 10.2. The molecule has 4 rings (SSSR count). The molecule has 0 radical (unpaired) electrons. The summed E-state index contributed by atoms with van der Waals surface area (Å²) in [6.45, 7) is 3.30. The fraction of sp³-hybridized carbons (Fsp3) is 0.238. The summed E-state index contributed by atoms with van der Waals surface area (Å²) in [5.74, 6) is -0.0768. The number of nitrogens with one attached hydrogen (secondary N) is 1. The van der Waals surface area contributed by atoms with Crippen molar-refractivity contribution in [3.8, 4) is 10.6 Å². The Morgan fingerprint density at radius 1 is 1.11 bits per heavy atom. The second kappa shape index (κ2) is 8.73. The van der Waals surface area contributed by atoms with Crippen LogP contribution in [0.5, 0.6) is 0 Å². The zero-order chi connectivity index (χ0) is 19.3. The van der Waals surface area contributed by atoms with E-state index in [4.69, 9.17) is 16.3 Å². The number of amides is 1. The molecule has 3 aromatic rings. The second-order valence-corrected chi connectivity index (χ2v) is 7.82. The number of carbonyl (C=O) groups excluding carboxylic acids is 1. The van der Waals surface area contributed by atoms with Gasteiger partial charge in [-0.25, -0.2) is 4.98 Å². The Hall–Kier alpha value is -2.41. The number of thiazole rings is 1. The summed E-state index contributed by atoms with van der Waals surface area (Å²) in [5, 5.41) is 6.44. The van der Waals surface area contributed by atoms with Crippen molar-refractivity contribution in [3.63, 3.8) is 0 Å². The molecule has 1 fully saturated rings. The van der Waals surface area contributed by atoms with Crippen LogP contribution in [0.3, 0.4) is 0 Å². The van der Waals surface area contributed by atoms with E-state index < -0.39 is 0 Å². The highest BCUT2D eigenvalue weighted by Crippen LogP contribution is 2.25. The van der Waals surface area contributed by atoms with Crippen LogP contribution in [0.15, 0.2) is 53.9 Å². The molecule has 7 heteroatoms. The van der Waals surface area contributed by atoms with E-state index in [0.717, 1.165) is 53.9 Å². The largest absolute Gasteiger partial charge is 0.378 e. The fourth-order valence-corrected chi connectivity index (χ4v) is 4.01. The summed E-state index contributed by atoms with van der Waals surface area (Å²) in [6.07, 6.45) is 0.245. The predicted molar refractivity (Wildman–Crippen MR) is 114 cm³/mol. The van der Waals surface area contributed by atoms with Crippen LogP contribution in [0, 0.1) is 0 Å². The zero-order valence-corrected chi connectivity index (χ0v) is 16.8. The minimum Gasteiger partial charge on any atom is -0.378 e. The van der Waals surface area contributed by atoms with Crippen molar-refractivity contribution in [3.05, 3.63) is 64.6 Å². The molecule has 0 aliphatic carbocycles. The zero-order valence-electron chi connectivity index (χ0n) is 15.2. The van der Waals surface area contributed by atoms with Gasteiger partial charge in [0.05, 0.1) is 25.3 Å². The number of aromatic nitrogens is 1. The van der Waals surface area contributed by atoms with E-state index in [1.54, 1.807) is 0 Å². The van der Waals surface area contributed by atoms with Gasteiger partial charge in [0.1, 0.15) is 5.01 Å². The number of ether oxygens (including phenoxy) is 1. The number of halogens is 1. The Balaban J connectivity index is 1.35. The molecule has 1 saturated heterocycles. The van der Waals surface area contributed by atoms with Gasteiger partial charge in [-0.1, -0.05) is 23.7 Å². The van der Waals surface area contributed by atoms with Crippen LogP contribution in [0.1, 0.15) is 5.69 Å². The van der Waals surface area contributed by atoms with E-state index >= 15 is 0 Å². The van der Waals surface area contributed by atoms with E-state index in [0.29, 0.717) is 5.02 Å². The molecule has 1 N–H and O–H groups in total. The molecule has 0 unspecified atom stereocenters. The third-order valence-corrected chi connectivity index (χ3v) is 5.70. The molecule has 1 aromatic heterocycles. The third-order valence-electron chi connectivity index (χ3n) is 4.51. The SMILES string of the molecule is O=C(Cc1csc(-c2ccc(Cl)cc2)n1)Nc1ccc(N2CCOCC2)cc1. The van der Waals surface area contributed by atoms with Crippen LogP contribution in [0.4, 0.5) is 11.4 Å². The quantitative estimate of drug-likeness (QED) is 0.670. The molecular formula is C21H20ClN3O2S. The summed E-state index contributed by atoms with van der Waals surface area (Å²) in [4.78, 5) is 19.2. The molecule has 0 saturated carbocycles. The maximum atomic E-state index is 12.4. The van der Waals surface area contributed by atoms with Crippen molar-refractivity contribution in [2.24, 2.45) is 0 Å². The lowest BCUT2D eigenvalue weighted by molar-refractivity contribution is -0.115. The number of benzene rings is 2. The maximum Gasteiger partial charge on any atom is 0.230 e. The van der Waals surface area contributed by atoms with Crippen LogP contribution in [0.25, 0.3) is 10.6 Å². The van der Waals surface area contributed by atoms with Crippen LogP contribution in [-0.2, 0) is 16.0 Å². The molecule has 1 aliphatic heterocycles. The minimum absolute atomic E-state index is 0.0768. The molecule has 0 spiro atoms. The van der Waals surface area contributed by atoms with Gasteiger partial charge in [0.25, 0.3) is 0 Å². The summed E-state index contributed by atoms with van der Waals surface area (Å²) < 4.78 is 5.38. The smallest absolute Gasteiger partial charge is 0.230 e. The van der Waals surface area contributed by atoms with Gasteiger partial charge >= 0.3 is 0 Å². The molecule has 0 bridgehead atoms. The average Bonchev–Trinajstić information content (AvgIpc) is 3.18. The summed E-state index contributed by atoms with van der Waals surface area (Å²) in [5.41, 5.74) is 3.70. The highest BCUT2D eigenvalue weighted by Gasteiger charge is 2.12. The molecule has 1 aliphatic rings. The molecule has 2 aromatic carbocycles. The number of hydrogen-bond acceptors (Lipinski definition) is 5. The first-order valence-corrected chi connectivity index (χ1v) is 10.4. The third kappa shape index (κ3) is 4.70. The topological polar surface area (TPSA) is 54.5 Å². The predicted octanol–water partition coefficient (Wildman–Crippen LogP) is 4.48. The monoisotopic (exact) mass is 413 g/mol. The number of rotatable bonds is 5. The number of morpholine rings is 1. The summed E-state index contributed by atoms with van der Waals surface area (Å²) in [6, 6.07) is 15.5. The van der Waals surface area contributed by atoms with Gasteiger partial charge in [-0.2, -0.15) is 0 Å². The van der Waals surface area contributed by atoms with Gasteiger partial charge < -0.3 is 15.0 Å². The van der Waals surface area contributed by atoms with Crippen molar-refractivity contribution in [1.29, 1.82) is 0 Å². The van der Waals surface area contributed by atoms with E-state index in [1.807, 2.05) is 53.9 Å². The molecular weight excluding hydrogens is 394 g/mol. The highest BCUT2D eigenvalue weighted by atomic mass is 35.5. The lowest BCUT2D eigenvalue weighted by Gasteiger charge is -2.28. The van der Waals surface area contributed by atoms with Gasteiger partial charge in [-0.15, -0.1) is 11.3 Å². The number of nitrogens with zero attached hydrogens (tertiary/aromatic N) is 2. The summed E-state index contributed by atoms with van der Waals surface area (Å²) >= 11 is 7.45. The van der Waals surface area contributed by atoms with Gasteiger partial charge in [0.15, 0.2) is 0 Å². The minimum atomic E-state index is -0.0768. The Morgan fingerprint density at radius 2 is 1.82 bits per heavy atom. The normalized spacial score (nSPS) is 14.1. The molecule has 5 nitrogen and oxygen atoms in total. The summed E-state index contributed by atoms with van der Waals surface area (Å²) in [7, 11) is 0. The standard InChI is InChI=1S/C21H20ClN3O2S/c22-16-3-1-15(2-4-16)21-24-18(14-28-21)13-20(26)23-17-5-7-19(8-6-17)25-9-11-27-12-10-25/h1-8,14H,9-13H2,(H,23,26). The van der Waals surface area contributed by atoms with Crippen molar-refractivity contribution < 1.29 is 9.53 Å². The maximum absolute atomic E-state index is 12.4. The van der Waals surface area contributed by atoms with Crippen LogP contribution in [0.2, 0.25) is 5.02 Å². The number of hydrogen-bond donors (Lipinski definition) is 1. The van der Waals surface area contributed by atoms with Gasteiger partial charge in [0, 0.05) is 40.4 Å². The molecule has 2 heterocycles. The Bertz CT molecular complexity index is 935. The Morgan fingerprint density at radius 3 is 2.54 bits per heavy atom. The molecule has 144 valence electrons. The number of anilines is 2. The first-order chi connectivity index (χ1) is 13.7.